The Hall–Kier alpha value is -1.59. The van der Waals surface area contributed by atoms with Crippen LogP contribution in [0.4, 0.5) is 0 Å². The van der Waals surface area contributed by atoms with Gasteiger partial charge in [0.05, 0.1) is 0 Å². The third kappa shape index (κ3) is 49.8. The average Bonchev–Trinajstić information content (AvgIpc) is 3.27. The van der Waals surface area contributed by atoms with Gasteiger partial charge in [-0.15, -0.1) is 0 Å². The summed E-state index contributed by atoms with van der Waals surface area (Å²) in [5.41, 5.74) is 0. The van der Waals surface area contributed by atoms with E-state index in [1.807, 2.05) is 0 Å². The van der Waals surface area contributed by atoms with Gasteiger partial charge in [-0.1, -0.05) is 279 Å². The van der Waals surface area contributed by atoms with E-state index in [1.54, 1.807) is 0 Å². The van der Waals surface area contributed by atoms with Crippen molar-refractivity contribution in [2.75, 3.05) is 13.2 Å². The standard InChI is InChI=1S/C58H112O6/c1-7-54(6)46-40-34-28-22-16-14-12-10-8-9-11-13-15-17-23-29-35-41-47-56(59)62-50-55(64-58(61)49-43-37-31-25-19-21-27-33-39-45-53(4)5)51-63-57(60)48-42-36-30-24-18-20-26-32-38-44-52(2)3/h52-55H,7-51H2,1-6H3/t54?,55-/m1/s1. The molecule has 0 bridgehead atoms. The number of carbonyl (C=O) groups excluding carboxylic acids is 3. The molecule has 6 heteroatoms. The molecule has 1 unspecified atom stereocenters. The van der Waals surface area contributed by atoms with Crippen LogP contribution in [0.15, 0.2) is 0 Å². The second-order valence-corrected chi connectivity index (χ2v) is 21.1. The summed E-state index contributed by atoms with van der Waals surface area (Å²) >= 11 is 0. The molecule has 0 aromatic rings. The molecular weight excluding hydrogens is 793 g/mol. The van der Waals surface area contributed by atoms with E-state index in [-0.39, 0.29) is 31.1 Å². The number of carbonyl (C=O) groups is 3. The van der Waals surface area contributed by atoms with Gasteiger partial charge in [0, 0.05) is 19.3 Å². The molecule has 0 fully saturated rings. The molecule has 0 aromatic heterocycles. The molecule has 0 spiro atoms. The van der Waals surface area contributed by atoms with Gasteiger partial charge in [-0.3, -0.25) is 14.4 Å². The third-order valence-electron chi connectivity index (χ3n) is 13.5. The summed E-state index contributed by atoms with van der Waals surface area (Å²) < 4.78 is 16.9. The van der Waals surface area contributed by atoms with Crippen molar-refractivity contribution in [3.8, 4) is 0 Å². The largest absolute Gasteiger partial charge is 0.462 e. The van der Waals surface area contributed by atoms with Gasteiger partial charge in [0.1, 0.15) is 13.2 Å². The highest BCUT2D eigenvalue weighted by molar-refractivity contribution is 5.71. The molecule has 2 atom stereocenters. The first-order chi connectivity index (χ1) is 31.1. The predicted octanol–water partition coefficient (Wildman–Crippen LogP) is 18.7. The van der Waals surface area contributed by atoms with Gasteiger partial charge in [-0.2, -0.15) is 0 Å². The maximum absolute atomic E-state index is 12.8. The lowest BCUT2D eigenvalue weighted by atomic mass is 9.99. The highest BCUT2D eigenvalue weighted by Crippen LogP contribution is 2.19. The first kappa shape index (κ1) is 62.4. The summed E-state index contributed by atoms with van der Waals surface area (Å²) in [4.78, 5) is 38.0. The Morgan fingerprint density at radius 2 is 0.547 bits per heavy atom. The molecule has 0 amide bonds. The minimum Gasteiger partial charge on any atom is -0.462 e. The van der Waals surface area contributed by atoms with Crippen LogP contribution in [0, 0.1) is 17.8 Å². The minimum absolute atomic E-state index is 0.0643. The van der Waals surface area contributed by atoms with Gasteiger partial charge in [0.2, 0.25) is 0 Å². The van der Waals surface area contributed by atoms with Crippen LogP contribution in [-0.4, -0.2) is 37.2 Å². The first-order valence-electron chi connectivity index (χ1n) is 28.6. The van der Waals surface area contributed by atoms with E-state index in [1.165, 1.54) is 199 Å². The lowest BCUT2D eigenvalue weighted by Gasteiger charge is -2.18. The average molecular weight is 906 g/mol. The minimum atomic E-state index is -0.763. The molecule has 0 heterocycles. The van der Waals surface area contributed by atoms with Crippen LogP contribution in [0.5, 0.6) is 0 Å². The molecule has 0 saturated carbocycles. The summed E-state index contributed by atoms with van der Waals surface area (Å²) in [5.74, 6) is 1.68. The highest BCUT2D eigenvalue weighted by atomic mass is 16.6. The van der Waals surface area contributed by atoms with E-state index >= 15 is 0 Å². The number of ether oxygens (including phenoxy) is 3. The Kier molecular flexibility index (Phi) is 48.1. The molecule has 0 rings (SSSR count). The van der Waals surface area contributed by atoms with E-state index in [4.69, 9.17) is 14.2 Å². The van der Waals surface area contributed by atoms with Crippen molar-refractivity contribution in [1.29, 1.82) is 0 Å². The summed E-state index contributed by atoms with van der Waals surface area (Å²) in [6.07, 6.45) is 51.0. The van der Waals surface area contributed by atoms with E-state index in [0.717, 1.165) is 75.5 Å². The van der Waals surface area contributed by atoms with Crippen molar-refractivity contribution in [3.63, 3.8) is 0 Å². The molecular formula is C58H112O6. The van der Waals surface area contributed by atoms with Gasteiger partial charge in [-0.05, 0) is 37.0 Å². The summed E-state index contributed by atoms with van der Waals surface area (Å²) in [5, 5.41) is 0. The number of rotatable bonds is 51. The Labute approximate surface area is 399 Å². The Morgan fingerprint density at radius 1 is 0.312 bits per heavy atom. The van der Waals surface area contributed by atoms with Crippen LogP contribution in [0.1, 0.15) is 318 Å². The summed E-state index contributed by atoms with van der Waals surface area (Å²) in [6.45, 7) is 13.8. The zero-order chi connectivity index (χ0) is 47.0. The lowest BCUT2D eigenvalue weighted by Crippen LogP contribution is -2.30. The van der Waals surface area contributed by atoms with Crippen molar-refractivity contribution in [2.24, 2.45) is 17.8 Å². The summed E-state index contributed by atoms with van der Waals surface area (Å²) in [7, 11) is 0. The topological polar surface area (TPSA) is 78.9 Å². The van der Waals surface area contributed by atoms with Gasteiger partial charge in [-0.25, -0.2) is 0 Å². The smallest absolute Gasteiger partial charge is 0.306 e. The molecule has 0 aliphatic rings. The van der Waals surface area contributed by atoms with Crippen molar-refractivity contribution in [1.82, 2.24) is 0 Å². The van der Waals surface area contributed by atoms with Crippen LogP contribution in [0.3, 0.4) is 0 Å². The van der Waals surface area contributed by atoms with Crippen LogP contribution in [0.25, 0.3) is 0 Å². The number of unbranched alkanes of at least 4 members (excludes halogenated alkanes) is 33. The Bertz CT molecular complexity index is 993. The fourth-order valence-electron chi connectivity index (χ4n) is 8.79. The Balaban J connectivity index is 4.20. The van der Waals surface area contributed by atoms with Gasteiger partial charge >= 0.3 is 17.9 Å². The van der Waals surface area contributed by atoms with Crippen molar-refractivity contribution >= 4 is 17.9 Å². The van der Waals surface area contributed by atoms with Crippen LogP contribution in [0.2, 0.25) is 0 Å². The molecule has 0 aliphatic carbocycles. The zero-order valence-electron chi connectivity index (χ0n) is 44.1. The van der Waals surface area contributed by atoms with Crippen molar-refractivity contribution < 1.29 is 28.6 Å². The van der Waals surface area contributed by atoms with E-state index in [0.29, 0.717) is 19.3 Å². The third-order valence-corrected chi connectivity index (χ3v) is 13.5. The normalized spacial score (nSPS) is 12.6. The number of hydrogen-bond donors (Lipinski definition) is 0. The zero-order valence-corrected chi connectivity index (χ0v) is 44.1. The van der Waals surface area contributed by atoms with Gasteiger partial charge in [0.15, 0.2) is 6.10 Å². The number of hydrogen-bond acceptors (Lipinski definition) is 6. The molecule has 6 nitrogen and oxygen atoms in total. The second kappa shape index (κ2) is 49.3. The van der Waals surface area contributed by atoms with Crippen LogP contribution < -0.4 is 0 Å². The van der Waals surface area contributed by atoms with Crippen molar-refractivity contribution in [3.05, 3.63) is 0 Å². The van der Waals surface area contributed by atoms with Crippen molar-refractivity contribution in [2.45, 2.75) is 324 Å². The molecule has 380 valence electrons. The molecule has 0 saturated heterocycles. The molecule has 0 aliphatic heterocycles. The molecule has 0 radical (unpaired) electrons. The lowest BCUT2D eigenvalue weighted by molar-refractivity contribution is -0.167. The van der Waals surface area contributed by atoms with Crippen LogP contribution >= 0.6 is 0 Å². The monoisotopic (exact) mass is 905 g/mol. The fourth-order valence-corrected chi connectivity index (χ4v) is 8.79. The SMILES string of the molecule is CCC(C)CCCCCCCCCCCCCCCCCCCCC(=O)OC[C@H](COC(=O)CCCCCCCCCCCC(C)C)OC(=O)CCCCCCCCCCCC(C)C. The van der Waals surface area contributed by atoms with E-state index < -0.39 is 6.10 Å². The second-order valence-electron chi connectivity index (χ2n) is 21.1. The number of esters is 3. The highest BCUT2D eigenvalue weighted by Gasteiger charge is 2.19. The first-order valence-corrected chi connectivity index (χ1v) is 28.6. The quantitative estimate of drug-likeness (QED) is 0.0344. The molecule has 64 heavy (non-hydrogen) atoms. The maximum Gasteiger partial charge on any atom is 0.306 e. The molecule has 0 N–H and O–H groups in total. The van der Waals surface area contributed by atoms with E-state index in [9.17, 15) is 14.4 Å². The van der Waals surface area contributed by atoms with E-state index in [2.05, 4.69) is 41.5 Å². The van der Waals surface area contributed by atoms with Crippen LogP contribution in [-0.2, 0) is 28.6 Å². The molecule has 0 aromatic carbocycles. The van der Waals surface area contributed by atoms with Gasteiger partial charge < -0.3 is 14.2 Å². The maximum atomic E-state index is 12.8. The Morgan fingerprint density at radius 3 is 0.812 bits per heavy atom. The predicted molar refractivity (Wildman–Crippen MR) is 275 cm³/mol. The summed E-state index contributed by atoms with van der Waals surface area (Å²) in [6, 6.07) is 0. The van der Waals surface area contributed by atoms with Gasteiger partial charge in [0.25, 0.3) is 0 Å². The fraction of sp³-hybridized carbons (Fsp3) is 0.948.